The fourth-order valence-corrected chi connectivity index (χ4v) is 0.644. The molecule has 1 rings (SSSR count). The molecule has 1 radical (unpaired) electrons. The Morgan fingerprint density at radius 3 is 2.14 bits per heavy atom. The molecule has 41 valence electrons. The number of hydrogen-bond donors (Lipinski definition) is 1. The van der Waals surface area contributed by atoms with Gasteiger partial charge in [0.1, 0.15) is 0 Å². The molecule has 0 saturated carbocycles. The molecule has 1 aliphatic rings. The molecule has 0 spiro atoms. The highest BCUT2D eigenvalue weighted by molar-refractivity contribution is 4.48. The second kappa shape index (κ2) is 2.26. The number of nitrogens with zero attached hydrogens (tertiary/aromatic N) is 1. The van der Waals surface area contributed by atoms with Crippen molar-refractivity contribution >= 4 is 0 Å². The second-order valence-corrected chi connectivity index (χ2v) is 1.71. The molecule has 0 amide bonds. The third kappa shape index (κ3) is 1.43. The maximum Gasteiger partial charge on any atom is 0.0912 e. The zero-order chi connectivity index (χ0) is 5.11. The maximum atomic E-state index is 10.4. The highest BCUT2D eigenvalue weighted by Crippen LogP contribution is 1.62. The van der Waals surface area contributed by atoms with E-state index in [0.29, 0.717) is 18.2 Å². The smallest absolute Gasteiger partial charge is 0.0912 e. The largest absolute Gasteiger partial charge is 0.634 e. The van der Waals surface area contributed by atoms with Crippen LogP contribution in [0.1, 0.15) is 0 Å². The summed E-state index contributed by atoms with van der Waals surface area (Å²) in [6, 6.07) is 0. The highest BCUT2D eigenvalue weighted by atomic mass is 16.5. The van der Waals surface area contributed by atoms with Crippen LogP contribution in [0, 0.1) is 5.21 Å². The summed E-state index contributed by atoms with van der Waals surface area (Å²) in [5, 5.41) is 14.8. The molecule has 1 fully saturated rings. The van der Waals surface area contributed by atoms with Crippen molar-refractivity contribution in [1.29, 1.82) is 0 Å². The molecule has 3 nitrogen and oxygen atoms in total. The SMILES string of the molecule is [O-][NH+]1CC[N]CC1. The van der Waals surface area contributed by atoms with Crippen LogP contribution in [-0.4, -0.2) is 26.2 Å². The number of hydrogen-bond acceptors (Lipinski definition) is 1. The zero-order valence-corrected chi connectivity index (χ0v) is 4.18. The first-order valence-corrected chi connectivity index (χ1v) is 2.54. The summed E-state index contributed by atoms with van der Waals surface area (Å²) in [5.41, 5.74) is 0. The lowest BCUT2D eigenvalue weighted by Crippen LogP contribution is -3.09. The van der Waals surface area contributed by atoms with E-state index in [-0.39, 0.29) is 0 Å². The van der Waals surface area contributed by atoms with Crippen LogP contribution in [0.5, 0.6) is 0 Å². The number of piperazine rings is 1. The highest BCUT2D eigenvalue weighted by Gasteiger charge is 2.02. The molecular formula is C4H9N2O. The Morgan fingerprint density at radius 2 is 1.86 bits per heavy atom. The first kappa shape index (κ1) is 5.03. The second-order valence-electron chi connectivity index (χ2n) is 1.71. The predicted octanol–water partition coefficient (Wildman–Crippen LogP) is -2.01. The first-order chi connectivity index (χ1) is 3.39. The Balaban J connectivity index is 2.12. The topological polar surface area (TPSA) is 41.6 Å². The van der Waals surface area contributed by atoms with Gasteiger partial charge in [-0.25, -0.2) is 5.32 Å². The molecule has 0 atom stereocenters. The van der Waals surface area contributed by atoms with Gasteiger partial charge in [-0.2, -0.15) is 0 Å². The summed E-state index contributed by atoms with van der Waals surface area (Å²) < 4.78 is 0. The van der Waals surface area contributed by atoms with Gasteiger partial charge < -0.3 is 10.3 Å². The van der Waals surface area contributed by atoms with Gasteiger partial charge in [0.2, 0.25) is 0 Å². The minimum Gasteiger partial charge on any atom is -0.634 e. The van der Waals surface area contributed by atoms with Crippen molar-refractivity contribution in [1.82, 2.24) is 5.32 Å². The first-order valence-electron chi connectivity index (χ1n) is 2.54. The zero-order valence-electron chi connectivity index (χ0n) is 4.18. The molecule has 0 bridgehead atoms. The van der Waals surface area contributed by atoms with E-state index in [0.717, 1.165) is 13.1 Å². The third-order valence-electron chi connectivity index (χ3n) is 1.10. The van der Waals surface area contributed by atoms with Gasteiger partial charge in [0.25, 0.3) is 0 Å². The Hall–Kier alpha value is -0.120. The molecule has 0 aromatic rings. The van der Waals surface area contributed by atoms with Crippen LogP contribution in [0.4, 0.5) is 0 Å². The number of hydroxylamine groups is 2. The number of quaternary nitrogens is 1. The van der Waals surface area contributed by atoms with Gasteiger partial charge in [-0.15, -0.1) is 0 Å². The van der Waals surface area contributed by atoms with Crippen LogP contribution in [0.3, 0.4) is 0 Å². The Labute approximate surface area is 42.9 Å². The molecule has 1 heterocycles. The summed E-state index contributed by atoms with van der Waals surface area (Å²) in [6.45, 7) is 2.89. The van der Waals surface area contributed by atoms with Crippen LogP contribution in [0.25, 0.3) is 0 Å². The summed E-state index contributed by atoms with van der Waals surface area (Å²) in [7, 11) is 0. The van der Waals surface area contributed by atoms with Crippen LogP contribution >= 0.6 is 0 Å². The van der Waals surface area contributed by atoms with Gasteiger partial charge >= 0.3 is 0 Å². The van der Waals surface area contributed by atoms with Gasteiger partial charge in [0.05, 0.1) is 26.2 Å². The predicted molar refractivity (Wildman–Crippen MR) is 25.9 cm³/mol. The quantitative estimate of drug-likeness (QED) is 0.352. The Morgan fingerprint density at radius 1 is 1.29 bits per heavy atom. The molecule has 1 N–H and O–H groups in total. The van der Waals surface area contributed by atoms with Gasteiger partial charge in [0, 0.05) is 0 Å². The lowest BCUT2D eigenvalue weighted by atomic mass is 10.4. The summed E-state index contributed by atoms with van der Waals surface area (Å²) in [4.78, 5) is 0. The van der Waals surface area contributed by atoms with Gasteiger partial charge in [-0.3, -0.25) is 0 Å². The lowest BCUT2D eigenvalue weighted by molar-refractivity contribution is -0.850. The van der Waals surface area contributed by atoms with Crippen LogP contribution in [-0.2, 0) is 0 Å². The number of rotatable bonds is 0. The van der Waals surface area contributed by atoms with E-state index < -0.39 is 0 Å². The standard InChI is InChI=1S/C4H9N2O/c7-6-3-1-5-2-4-6/h6H,1-4H2. The molecule has 0 aromatic carbocycles. The summed E-state index contributed by atoms with van der Waals surface area (Å²) >= 11 is 0. The minimum atomic E-state index is 0.370. The molecule has 0 unspecified atom stereocenters. The van der Waals surface area contributed by atoms with Crippen LogP contribution < -0.4 is 10.4 Å². The van der Waals surface area contributed by atoms with E-state index in [1.165, 1.54) is 0 Å². The minimum absolute atomic E-state index is 0.370. The van der Waals surface area contributed by atoms with Crippen LogP contribution in [0.2, 0.25) is 0 Å². The van der Waals surface area contributed by atoms with Gasteiger partial charge in [0.15, 0.2) is 0 Å². The van der Waals surface area contributed by atoms with Crippen molar-refractivity contribution in [3.05, 3.63) is 5.21 Å². The fourth-order valence-electron chi connectivity index (χ4n) is 0.644. The van der Waals surface area contributed by atoms with Crippen molar-refractivity contribution in [3.8, 4) is 0 Å². The molecule has 3 heteroatoms. The van der Waals surface area contributed by atoms with E-state index in [2.05, 4.69) is 5.32 Å². The van der Waals surface area contributed by atoms with Gasteiger partial charge in [-0.05, 0) is 0 Å². The lowest BCUT2D eigenvalue weighted by Gasteiger charge is -2.25. The number of nitrogens with one attached hydrogen (secondary N) is 1. The molecular weight excluding hydrogens is 92.1 g/mol. The van der Waals surface area contributed by atoms with Crippen molar-refractivity contribution in [2.75, 3.05) is 26.2 Å². The molecule has 7 heavy (non-hydrogen) atoms. The average molecular weight is 101 g/mol. The maximum absolute atomic E-state index is 10.4. The van der Waals surface area contributed by atoms with E-state index in [1.807, 2.05) is 0 Å². The van der Waals surface area contributed by atoms with Crippen molar-refractivity contribution < 1.29 is 5.06 Å². The molecule has 0 aromatic heterocycles. The Bertz CT molecular complexity index is 51.7. The summed E-state index contributed by atoms with van der Waals surface area (Å²) in [5.74, 6) is 0. The average Bonchev–Trinajstić information content (AvgIpc) is 1.69. The van der Waals surface area contributed by atoms with Crippen molar-refractivity contribution in [2.24, 2.45) is 0 Å². The molecule has 1 saturated heterocycles. The molecule has 1 aliphatic heterocycles. The van der Waals surface area contributed by atoms with E-state index in [1.54, 1.807) is 0 Å². The third-order valence-corrected chi connectivity index (χ3v) is 1.10. The Kier molecular flexibility index (Phi) is 1.62. The van der Waals surface area contributed by atoms with E-state index in [4.69, 9.17) is 0 Å². The van der Waals surface area contributed by atoms with Crippen molar-refractivity contribution in [3.63, 3.8) is 0 Å². The summed E-state index contributed by atoms with van der Waals surface area (Å²) in [6.07, 6.45) is 0. The fraction of sp³-hybridized carbons (Fsp3) is 1.00. The van der Waals surface area contributed by atoms with Gasteiger partial charge in [-0.1, -0.05) is 0 Å². The monoisotopic (exact) mass is 101 g/mol. The normalized spacial score (nSPS) is 25.3. The van der Waals surface area contributed by atoms with Crippen LogP contribution in [0.15, 0.2) is 0 Å². The van der Waals surface area contributed by atoms with E-state index in [9.17, 15) is 5.21 Å². The van der Waals surface area contributed by atoms with E-state index >= 15 is 0 Å². The molecule has 0 aliphatic carbocycles. The van der Waals surface area contributed by atoms with Crippen molar-refractivity contribution in [2.45, 2.75) is 0 Å².